The minimum Gasteiger partial charge on any atom is -0.324 e. The third kappa shape index (κ3) is 2.49. The highest BCUT2D eigenvalue weighted by Gasteiger charge is 2.27. The Bertz CT molecular complexity index is 840. The number of hydrogen-bond acceptors (Lipinski definition) is 3. The maximum atomic E-state index is 12.2. The van der Waals surface area contributed by atoms with E-state index in [0.717, 1.165) is 16.6 Å². The molecule has 0 saturated carbocycles. The monoisotopic (exact) mass is 306 g/mol. The van der Waals surface area contributed by atoms with Gasteiger partial charge in [-0.25, -0.2) is 8.42 Å². The molecule has 21 heavy (non-hydrogen) atoms. The lowest BCUT2D eigenvalue weighted by Crippen LogP contribution is -2.38. The number of sulfonamides is 1. The number of rotatable bonds is 3. The van der Waals surface area contributed by atoms with Gasteiger partial charge in [-0.15, -0.1) is 0 Å². The van der Waals surface area contributed by atoms with Gasteiger partial charge in [0.25, 0.3) is 5.56 Å². The number of aromatic amines is 1. The molecule has 0 unspecified atom stereocenters. The van der Waals surface area contributed by atoms with E-state index in [4.69, 9.17) is 0 Å². The third-order valence-corrected chi connectivity index (χ3v) is 5.95. The van der Waals surface area contributed by atoms with Gasteiger partial charge in [-0.1, -0.05) is 25.1 Å². The normalized spacial score (nSPS) is 16.0. The zero-order valence-corrected chi connectivity index (χ0v) is 12.7. The van der Waals surface area contributed by atoms with Crippen LogP contribution in [0.3, 0.4) is 0 Å². The summed E-state index contributed by atoms with van der Waals surface area (Å²) in [7, 11) is -3.23. The maximum absolute atomic E-state index is 12.2. The molecular weight excluding hydrogens is 288 g/mol. The minimum absolute atomic E-state index is 0.153. The van der Waals surface area contributed by atoms with Gasteiger partial charge in [0.2, 0.25) is 10.0 Å². The Morgan fingerprint density at radius 3 is 2.67 bits per heavy atom. The van der Waals surface area contributed by atoms with Crippen LogP contribution >= 0.6 is 0 Å². The average molecular weight is 306 g/mol. The molecule has 1 N–H and O–H groups in total. The van der Waals surface area contributed by atoms with Crippen LogP contribution in [0.25, 0.3) is 10.8 Å². The Kier molecular flexibility index (Phi) is 3.59. The summed E-state index contributed by atoms with van der Waals surface area (Å²) in [6.45, 7) is 2.59. The van der Waals surface area contributed by atoms with Crippen molar-refractivity contribution < 1.29 is 8.42 Å². The second-order valence-electron chi connectivity index (χ2n) is 5.36. The van der Waals surface area contributed by atoms with Crippen molar-refractivity contribution in [3.05, 3.63) is 45.9 Å². The van der Waals surface area contributed by atoms with Crippen molar-refractivity contribution in [2.75, 3.05) is 12.3 Å². The first-order valence-electron chi connectivity index (χ1n) is 7.13. The maximum Gasteiger partial charge on any atom is 0.256 e. The number of fused-ring (bicyclic) bond motifs is 3. The van der Waals surface area contributed by atoms with Gasteiger partial charge < -0.3 is 4.98 Å². The van der Waals surface area contributed by atoms with Crippen molar-refractivity contribution in [1.29, 1.82) is 0 Å². The van der Waals surface area contributed by atoms with E-state index in [1.807, 2.05) is 25.1 Å². The molecule has 0 atom stereocenters. The summed E-state index contributed by atoms with van der Waals surface area (Å²) in [5, 5.41) is 1.60. The van der Waals surface area contributed by atoms with Gasteiger partial charge >= 0.3 is 0 Å². The SMILES string of the molecule is CCCS(=O)(=O)N1CCc2c([nH]c(=O)c3ccccc23)C1. The van der Waals surface area contributed by atoms with Crippen molar-refractivity contribution >= 4 is 20.8 Å². The molecule has 1 aromatic heterocycles. The lowest BCUT2D eigenvalue weighted by Gasteiger charge is -2.28. The molecule has 3 rings (SSSR count). The fourth-order valence-electron chi connectivity index (χ4n) is 2.92. The number of aromatic nitrogens is 1. The summed E-state index contributed by atoms with van der Waals surface area (Å²) < 4.78 is 25.8. The van der Waals surface area contributed by atoms with Gasteiger partial charge in [-0.3, -0.25) is 4.79 Å². The van der Waals surface area contributed by atoms with Crippen LogP contribution in [0.5, 0.6) is 0 Å². The van der Waals surface area contributed by atoms with E-state index in [9.17, 15) is 13.2 Å². The van der Waals surface area contributed by atoms with Crippen LogP contribution in [0.4, 0.5) is 0 Å². The predicted molar refractivity (Wildman–Crippen MR) is 82.8 cm³/mol. The fraction of sp³-hybridized carbons (Fsp3) is 0.400. The molecule has 0 spiro atoms. The molecule has 2 heterocycles. The Labute approximate surface area is 123 Å². The van der Waals surface area contributed by atoms with E-state index >= 15 is 0 Å². The zero-order valence-electron chi connectivity index (χ0n) is 11.9. The number of pyridine rings is 1. The lowest BCUT2D eigenvalue weighted by atomic mass is 9.99. The van der Waals surface area contributed by atoms with Crippen molar-refractivity contribution in [1.82, 2.24) is 9.29 Å². The van der Waals surface area contributed by atoms with E-state index in [1.54, 1.807) is 6.07 Å². The summed E-state index contributed by atoms with van der Waals surface area (Å²) in [5.41, 5.74) is 1.64. The van der Waals surface area contributed by atoms with Crippen LogP contribution in [0.1, 0.15) is 24.6 Å². The van der Waals surface area contributed by atoms with Gasteiger partial charge in [-0.05, 0) is 29.9 Å². The van der Waals surface area contributed by atoms with Gasteiger partial charge in [-0.2, -0.15) is 4.31 Å². The number of benzene rings is 1. The summed E-state index contributed by atoms with van der Waals surface area (Å²) in [6, 6.07) is 7.47. The molecule has 0 aliphatic carbocycles. The van der Waals surface area contributed by atoms with Crippen LogP contribution in [-0.2, 0) is 23.0 Å². The van der Waals surface area contributed by atoms with E-state index < -0.39 is 10.0 Å². The number of nitrogens with zero attached hydrogens (tertiary/aromatic N) is 1. The van der Waals surface area contributed by atoms with Gasteiger partial charge in [0.05, 0.1) is 12.3 Å². The van der Waals surface area contributed by atoms with E-state index in [0.29, 0.717) is 24.8 Å². The molecule has 0 bridgehead atoms. The molecule has 1 aromatic carbocycles. The molecule has 0 saturated heterocycles. The first-order chi connectivity index (χ1) is 10.0. The van der Waals surface area contributed by atoms with Crippen LogP contribution < -0.4 is 5.56 Å². The molecule has 1 aliphatic heterocycles. The Hall–Kier alpha value is -1.66. The molecule has 112 valence electrons. The molecule has 0 radical (unpaired) electrons. The Balaban J connectivity index is 2.07. The van der Waals surface area contributed by atoms with Crippen molar-refractivity contribution in [3.63, 3.8) is 0 Å². The fourth-order valence-corrected chi connectivity index (χ4v) is 4.39. The molecule has 5 nitrogen and oxygen atoms in total. The summed E-state index contributed by atoms with van der Waals surface area (Å²) in [6.07, 6.45) is 1.23. The first kappa shape index (κ1) is 14.3. The summed E-state index contributed by atoms with van der Waals surface area (Å²) >= 11 is 0. The average Bonchev–Trinajstić information content (AvgIpc) is 2.47. The van der Waals surface area contributed by atoms with Crippen LogP contribution in [0.2, 0.25) is 0 Å². The quantitative estimate of drug-likeness (QED) is 0.937. The topological polar surface area (TPSA) is 70.2 Å². The highest BCUT2D eigenvalue weighted by molar-refractivity contribution is 7.89. The standard InChI is InChI=1S/C15H18N2O3S/c1-2-9-21(19,20)17-8-7-12-11-5-3-4-6-13(11)15(18)16-14(12)10-17/h3-6H,2,7-10H2,1H3,(H,16,18). The van der Waals surface area contributed by atoms with Crippen LogP contribution in [0, 0.1) is 0 Å². The molecule has 2 aromatic rings. The molecule has 1 aliphatic rings. The Morgan fingerprint density at radius 1 is 1.24 bits per heavy atom. The van der Waals surface area contributed by atoms with Crippen molar-refractivity contribution in [3.8, 4) is 0 Å². The first-order valence-corrected chi connectivity index (χ1v) is 8.74. The highest BCUT2D eigenvalue weighted by Crippen LogP contribution is 2.25. The molecular formula is C15H18N2O3S. The lowest BCUT2D eigenvalue weighted by molar-refractivity contribution is 0.386. The van der Waals surface area contributed by atoms with E-state index in [-0.39, 0.29) is 17.9 Å². The number of hydrogen-bond donors (Lipinski definition) is 1. The second kappa shape index (κ2) is 5.27. The van der Waals surface area contributed by atoms with Crippen molar-refractivity contribution in [2.24, 2.45) is 0 Å². The van der Waals surface area contributed by atoms with Gasteiger partial charge in [0.1, 0.15) is 0 Å². The third-order valence-electron chi connectivity index (χ3n) is 3.93. The predicted octanol–water partition coefficient (Wildman–Crippen LogP) is 1.63. The van der Waals surface area contributed by atoms with Gasteiger partial charge in [0.15, 0.2) is 0 Å². The van der Waals surface area contributed by atoms with E-state index in [2.05, 4.69) is 4.98 Å². The van der Waals surface area contributed by atoms with E-state index in [1.165, 1.54) is 4.31 Å². The summed E-state index contributed by atoms with van der Waals surface area (Å²) in [4.78, 5) is 15.0. The van der Waals surface area contributed by atoms with Gasteiger partial charge in [0, 0.05) is 17.6 Å². The largest absolute Gasteiger partial charge is 0.324 e. The minimum atomic E-state index is -3.23. The number of nitrogens with one attached hydrogen (secondary N) is 1. The molecule has 6 heteroatoms. The van der Waals surface area contributed by atoms with Crippen LogP contribution in [-0.4, -0.2) is 30.0 Å². The zero-order chi connectivity index (χ0) is 15.0. The van der Waals surface area contributed by atoms with Crippen LogP contribution in [0.15, 0.2) is 29.1 Å². The highest BCUT2D eigenvalue weighted by atomic mass is 32.2. The Morgan fingerprint density at radius 2 is 1.95 bits per heavy atom. The smallest absolute Gasteiger partial charge is 0.256 e. The van der Waals surface area contributed by atoms with Crippen molar-refractivity contribution in [2.45, 2.75) is 26.3 Å². The molecule has 0 fully saturated rings. The summed E-state index contributed by atoms with van der Waals surface area (Å²) in [5.74, 6) is 0.153. The molecule has 0 amide bonds. The second-order valence-corrected chi connectivity index (χ2v) is 7.44. The number of H-pyrrole nitrogens is 1.